The molecule has 0 radical (unpaired) electrons. The highest BCUT2D eigenvalue weighted by Gasteiger charge is 2.22. The fourth-order valence-corrected chi connectivity index (χ4v) is 4.68. The van der Waals surface area contributed by atoms with Crippen molar-refractivity contribution in [1.29, 1.82) is 0 Å². The molecule has 0 bridgehead atoms. The summed E-state index contributed by atoms with van der Waals surface area (Å²) in [4.78, 5) is 9.67. The van der Waals surface area contributed by atoms with Crippen LogP contribution in [0.1, 0.15) is 69.2 Å². The summed E-state index contributed by atoms with van der Waals surface area (Å²) in [5, 5.41) is 8.88. The number of benzene rings is 2. The van der Waals surface area contributed by atoms with E-state index in [9.17, 15) is 0 Å². The van der Waals surface area contributed by atoms with Crippen LogP contribution in [-0.4, -0.2) is 33.1 Å². The summed E-state index contributed by atoms with van der Waals surface area (Å²) in [6.45, 7) is 7.45. The third-order valence-electron chi connectivity index (χ3n) is 6.07. The molecule has 0 unspecified atom stereocenters. The maximum absolute atomic E-state index is 4.92. The average Bonchev–Trinajstić information content (AvgIpc) is 3.46. The molecule has 3 aromatic rings. The van der Waals surface area contributed by atoms with Crippen LogP contribution in [0.5, 0.6) is 0 Å². The van der Waals surface area contributed by atoms with E-state index < -0.39 is 0 Å². The van der Waals surface area contributed by atoms with Crippen molar-refractivity contribution >= 4 is 22.6 Å². The molecule has 2 aliphatic rings. The van der Waals surface area contributed by atoms with E-state index in [1.807, 2.05) is 0 Å². The minimum absolute atomic E-state index is 0.231. The van der Waals surface area contributed by atoms with E-state index in [4.69, 9.17) is 9.98 Å². The Bertz CT molecular complexity index is 1140. The summed E-state index contributed by atoms with van der Waals surface area (Å²) in [6.07, 6.45) is 6.00. The number of rotatable bonds is 4. The molecule has 1 saturated carbocycles. The van der Waals surface area contributed by atoms with Crippen LogP contribution in [0, 0.1) is 5.41 Å². The summed E-state index contributed by atoms with van der Waals surface area (Å²) >= 11 is 0. The van der Waals surface area contributed by atoms with E-state index >= 15 is 0 Å². The average molecular weight is 400 g/mol. The van der Waals surface area contributed by atoms with Crippen LogP contribution < -0.4 is 0 Å². The summed E-state index contributed by atoms with van der Waals surface area (Å²) in [7, 11) is 0. The van der Waals surface area contributed by atoms with Crippen LogP contribution >= 0.6 is 0 Å². The van der Waals surface area contributed by atoms with E-state index in [1.54, 1.807) is 0 Å². The molecule has 0 spiro atoms. The van der Waals surface area contributed by atoms with Gasteiger partial charge in [-0.2, -0.15) is 0 Å². The molecule has 0 atom stereocenters. The molecule has 154 valence electrons. The Labute approximate surface area is 177 Å². The van der Waals surface area contributed by atoms with Gasteiger partial charge in [-0.05, 0) is 48.4 Å². The molecule has 0 saturated heterocycles. The zero-order chi connectivity index (χ0) is 20.7. The second-order valence-electron chi connectivity index (χ2n) is 9.77. The van der Waals surface area contributed by atoms with Gasteiger partial charge in [-0.1, -0.05) is 63.1 Å². The number of hydrogen-bond acceptors (Lipinski definition) is 4. The number of amidine groups is 1. The Balaban J connectivity index is 1.43. The Kier molecular flexibility index (Phi) is 4.76. The summed E-state index contributed by atoms with van der Waals surface area (Å²) in [5.74, 6) is 0.799. The van der Waals surface area contributed by atoms with Gasteiger partial charge < -0.3 is 0 Å². The van der Waals surface area contributed by atoms with Crippen LogP contribution in [0.25, 0.3) is 11.0 Å². The maximum Gasteiger partial charge on any atom is 0.155 e. The molecule has 0 N–H and O–H groups in total. The summed E-state index contributed by atoms with van der Waals surface area (Å²) in [5.41, 5.74) is 6.91. The van der Waals surface area contributed by atoms with Crippen molar-refractivity contribution in [1.82, 2.24) is 15.0 Å². The molecule has 5 heteroatoms. The Hall–Kier alpha value is -2.82. The van der Waals surface area contributed by atoms with Crippen molar-refractivity contribution in [2.24, 2.45) is 15.4 Å². The lowest BCUT2D eigenvalue weighted by atomic mass is 9.85. The molecule has 1 aliphatic carbocycles. The fourth-order valence-electron chi connectivity index (χ4n) is 4.68. The van der Waals surface area contributed by atoms with Gasteiger partial charge in [0.2, 0.25) is 0 Å². The highest BCUT2D eigenvalue weighted by molar-refractivity contribution is 6.18. The zero-order valence-electron chi connectivity index (χ0n) is 18.1. The quantitative estimate of drug-likeness (QED) is 0.591. The molecular formula is C25H29N5. The van der Waals surface area contributed by atoms with Crippen molar-refractivity contribution in [3.63, 3.8) is 0 Å². The first-order valence-electron chi connectivity index (χ1n) is 11.0. The molecule has 2 heterocycles. The van der Waals surface area contributed by atoms with Gasteiger partial charge in [0, 0.05) is 11.1 Å². The Morgan fingerprint density at radius 3 is 2.63 bits per heavy atom. The predicted molar refractivity (Wildman–Crippen MR) is 123 cm³/mol. The lowest BCUT2D eigenvalue weighted by molar-refractivity contribution is 0.411. The third kappa shape index (κ3) is 3.69. The zero-order valence-corrected chi connectivity index (χ0v) is 18.1. The van der Waals surface area contributed by atoms with Gasteiger partial charge in [-0.3, -0.25) is 4.99 Å². The van der Waals surface area contributed by atoms with Crippen LogP contribution in [0.3, 0.4) is 0 Å². The van der Waals surface area contributed by atoms with E-state index in [-0.39, 0.29) is 5.41 Å². The summed E-state index contributed by atoms with van der Waals surface area (Å²) < 4.78 is 2.11. The molecule has 1 fully saturated rings. The van der Waals surface area contributed by atoms with E-state index in [1.165, 1.54) is 36.8 Å². The van der Waals surface area contributed by atoms with Gasteiger partial charge in [-0.25, -0.2) is 9.67 Å². The van der Waals surface area contributed by atoms with E-state index in [0.717, 1.165) is 34.6 Å². The van der Waals surface area contributed by atoms with Gasteiger partial charge in [0.1, 0.15) is 5.52 Å². The highest BCUT2D eigenvalue weighted by atomic mass is 15.4. The van der Waals surface area contributed by atoms with Crippen molar-refractivity contribution < 1.29 is 0 Å². The smallest absolute Gasteiger partial charge is 0.155 e. The minimum atomic E-state index is 0.231. The first-order valence-corrected chi connectivity index (χ1v) is 11.0. The maximum atomic E-state index is 4.92. The number of aromatic nitrogens is 3. The van der Waals surface area contributed by atoms with E-state index in [2.05, 4.69) is 78.2 Å². The fraction of sp³-hybridized carbons (Fsp3) is 0.440. The number of aliphatic imine (C=N–C) groups is 2. The van der Waals surface area contributed by atoms with Crippen molar-refractivity contribution in [3.05, 3.63) is 59.2 Å². The summed E-state index contributed by atoms with van der Waals surface area (Å²) in [6, 6.07) is 15.4. The molecule has 5 nitrogen and oxygen atoms in total. The van der Waals surface area contributed by atoms with Gasteiger partial charge >= 0.3 is 0 Å². The number of fused-ring (bicyclic) bond motifs is 1. The first-order chi connectivity index (χ1) is 14.5. The largest absolute Gasteiger partial charge is 0.260 e. The SMILES string of the molecule is CC(C)(C)Cc1ccccc1C1=NC(c2ccc3c(c2)nnn3C2CCCC2)=NC1. The van der Waals surface area contributed by atoms with Gasteiger partial charge in [0.25, 0.3) is 0 Å². The molecule has 0 amide bonds. The topological polar surface area (TPSA) is 55.4 Å². The second-order valence-corrected chi connectivity index (χ2v) is 9.77. The van der Waals surface area contributed by atoms with Gasteiger partial charge in [-0.15, -0.1) is 5.10 Å². The monoisotopic (exact) mass is 399 g/mol. The highest BCUT2D eigenvalue weighted by Crippen LogP contribution is 2.31. The van der Waals surface area contributed by atoms with Gasteiger partial charge in [0.15, 0.2) is 5.84 Å². The molecule has 1 aliphatic heterocycles. The van der Waals surface area contributed by atoms with Crippen molar-refractivity contribution in [3.8, 4) is 0 Å². The second kappa shape index (κ2) is 7.46. The lowest BCUT2D eigenvalue weighted by Crippen LogP contribution is -2.14. The predicted octanol–water partition coefficient (Wildman–Crippen LogP) is 5.38. The Morgan fingerprint density at radius 1 is 1.03 bits per heavy atom. The van der Waals surface area contributed by atoms with Crippen LogP contribution in [0.4, 0.5) is 0 Å². The number of nitrogens with zero attached hydrogens (tertiary/aromatic N) is 5. The molecule has 30 heavy (non-hydrogen) atoms. The third-order valence-corrected chi connectivity index (χ3v) is 6.07. The molecular weight excluding hydrogens is 370 g/mol. The van der Waals surface area contributed by atoms with E-state index in [0.29, 0.717) is 12.6 Å². The Morgan fingerprint density at radius 2 is 1.83 bits per heavy atom. The van der Waals surface area contributed by atoms with Crippen LogP contribution in [0.15, 0.2) is 52.4 Å². The lowest BCUT2D eigenvalue weighted by Gasteiger charge is -2.20. The molecule has 5 rings (SSSR count). The molecule has 1 aromatic heterocycles. The number of hydrogen-bond donors (Lipinski definition) is 0. The minimum Gasteiger partial charge on any atom is -0.260 e. The molecule has 2 aromatic carbocycles. The normalized spacial score (nSPS) is 17.6. The van der Waals surface area contributed by atoms with Crippen molar-refractivity contribution in [2.45, 2.75) is 58.9 Å². The van der Waals surface area contributed by atoms with Gasteiger partial charge in [0.05, 0.1) is 23.8 Å². The standard InChI is InChI=1S/C25H29N5/c1-25(2,3)15-18-8-4-7-11-20(18)22-16-26-24(27-22)17-12-13-23-21(14-17)28-29-30(23)19-9-5-6-10-19/h4,7-8,11-14,19H,5-6,9-10,15-16H2,1-3H3. The first kappa shape index (κ1) is 19.2. The van der Waals surface area contributed by atoms with Crippen molar-refractivity contribution in [2.75, 3.05) is 6.54 Å². The van der Waals surface area contributed by atoms with Crippen LogP contribution in [0.2, 0.25) is 0 Å². The van der Waals surface area contributed by atoms with Crippen LogP contribution in [-0.2, 0) is 6.42 Å².